The van der Waals surface area contributed by atoms with Crippen LogP contribution in [0.15, 0.2) is 42.5 Å². The molecule has 6 atom stereocenters. The van der Waals surface area contributed by atoms with Crippen LogP contribution in [0.2, 0.25) is 0 Å². The van der Waals surface area contributed by atoms with Gasteiger partial charge < -0.3 is 39.7 Å². The molecule has 9 nitrogen and oxygen atoms in total. The average Bonchev–Trinajstić information content (AvgIpc) is 2.74. The fourth-order valence-electron chi connectivity index (χ4n) is 3.56. The third-order valence-electron chi connectivity index (χ3n) is 5.26. The number of carbonyl (C=O) groups excluding carboxylic acids is 1. The van der Waals surface area contributed by atoms with Crippen molar-refractivity contribution >= 4 is 5.78 Å². The Balaban J connectivity index is 1.46. The molecule has 0 aromatic heterocycles. The van der Waals surface area contributed by atoms with Gasteiger partial charge in [0.25, 0.3) is 0 Å². The van der Waals surface area contributed by atoms with E-state index in [0.29, 0.717) is 22.6 Å². The van der Waals surface area contributed by atoms with Crippen LogP contribution in [0.5, 0.6) is 17.2 Å². The molecule has 0 radical (unpaired) electrons. The number of phenolic OH excluding ortho intramolecular Hbond substituents is 1. The standard InChI is InChI=1S/C21H22O9/c22-9-17-18(25)19(26)20(27)21(30-17)28-12-4-1-10(2-5-12)15-8-14(24)13-6-3-11(23)7-16(13)29-15/h1-7,15,17-23,25-27H,8-9H2/t15-,17+,18-,19-,20-,21+/m1/s1. The summed E-state index contributed by atoms with van der Waals surface area (Å²) in [4.78, 5) is 12.4. The van der Waals surface area contributed by atoms with Gasteiger partial charge in [-0.2, -0.15) is 0 Å². The first-order chi connectivity index (χ1) is 14.4. The molecular formula is C21H22O9. The van der Waals surface area contributed by atoms with Crippen molar-refractivity contribution in [3.05, 3.63) is 53.6 Å². The van der Waals surface area contributed by atoms with Crippen LogP contribution in [-0.4, -0.2) is 68.6 Å². The van der Waals surface area contributed by atoms with Gasteiger partial charge in [0.2, 0.25) is 6.29 Å². The lowest BCUT2D eigenvalue weighted by Crippen LogP contribution is -2.60. The molecule has 30 heavy (non-hydrogen) atoms. The Morgan fingerprint density at radius 1 is 1.00 bits per heavy atom. The summed E-state index contributed by atoms with van der Waals surface area (Å²) in [6.07, 6.45) is -7.24. The number of carbonyl (C=O) groups is 1. The van der Waals surface area contributed by atoms with Gasteiger partial charge in [0.15, 0.2) is 5.78 Å². The van der Waals surface area contributed by atoms with Crippen molar-refractivity contribution in [2.75, 3.05) is 6.61 Å². The summed E-state index contributed by atoms with van der Waals surface area (Å²) in [5.74, 6) is 0.537. The number of hydrogen-bond donors (Lipinski definition) is 5. The molecule has 2 aromatic carbocycles. The zero-order valence-electron chi connectivity index (χ0n) is 15.8. The van der Waals surface area contributed by atoms with E-state index in [2.05, 4.69) is 0 Å². The monoisotopic (exact) mass is 418 g/mol. The number of Topliss-reactive ketones (excluding diaryl/α,β-unsaturated/α-hetero) is 1. The largest absolute Gasteiger partial charge is 0.508 e. The summed E-state index contributed by atoms with van der Waals surface area (Å²) >= 11 is 0. The van der Waals surface area contributed by atoms with E-state index in [9.17, 15) is 30.3 Å². The van der Waals surface area contributed by atoms with Crippen molar-refractivity contribution in [3.8, 4) is 17.2 Å². The summed E-state index contributed by atoms with van der Waals surface area (Å²) in [6.45, 7) is -0.548. The maximum absolute atomic E-state index is 12.4. The zero-order chi connectivity index (χ0) is 21.4. The normalized spacial score (nSPS) is 31.0. The van der Waals surface area contributed by atoms with Crippen molar-refractivity contribution < 1.29 is 44.5 Å². The first-order valence-corrected chi connectivity index (χ1v) is 9.47. The summed E-state index contributed by atoms with van der Waals surface area (Å²) in [6, 6.07) is 10.9. The number of fused-ring (bicyclic) bond motifs is 1. The van der Waals surface area contributed by atoms with E-state index in [-0.39, 0.29) is 18.0 Å². The lowest BCUT2D eigenvalue weighted by atomic mass is 9.96. The van der Waals surface area contributed by atoms with Gasteiger partial charge in [-0.3, -0.25) is 4.79 Å². The van der Waals surface area contributed by atoms with Crippen LogP contribution in [0.3, 0.4) is 0 Å². The van der Waals surface area contributed by atoms with E-state index in [1.54, 1.807) is 24.3 Å². The van der Waals surface area contributed by atoms with Crippen molar-refractivity contribution in [1.29, 1.82) is 0 Å². The van der Waals surface area contributed by atoms with E-state index >= 15 is 0 Å². The molecule has 0 spiro atoms. The number of phenols is 1. The van der Waals surface area contributed by atoms with Crippen LogP contribution in [0.25, 0.3) is 0 Å². The van der Waals surface area contributed by atoms with Crippen LogP contribution >= 0.6 is 0 Å². The van der Waals surface area contributed by atoms with E-state index in [1.807, 2.05) is 0 Å². The number of ether oxygens (including phenoxy) is 3. The zero-order valence-corrected chi connectivity index (χ0v) is 15.8. The van der Waals surface area contributed by atoms with Crippen LogP contribution in [0, 0.1) is 0 Å². The van der Waals surface area contributed by atoms with Crippen molar-refractivity contribution in [1.82, 2.24) is 0 Å². The predicted octanol–water partition coefficient (Wildman–Crippen LogP) is 0.277. The molecule has 0 bridgehead atoms. The minimum Gasteiger partial charge on any atom is -0.508 e. The van der Waals surface area contributed by atoms with Gasteiger partial charge >= 0.3 is 0 Å². The molecule has 9 heteroatoms. The minimum atomic E-state index is -1.53. The number of benzene rings is 2. The molecule has 0 saturated carbocycles. The lowest BCUT2D eigenvalue weighted by Gasteiger charge is -2.39. The third kappa shape index (κ3) is 3.85. The molecule has 5 N–H and O–H groups in total. The maximum Gasteiger partial charge on any atom is 0.229 e. The summed E-state index contributed by atoms with van der Waals surface area (Å²) in [7, 11) is 0. The van der Waals surface area contributed by atoms with E-state index in [0.717, 1.165) is 0 Å². The molecule has 1 saturated heterocycles. The molecule has 0 unspecified atom stereocenters. The molecule has 2 heterocycles. The Morgan fingerprint density at radius 3 is 2.43 bits per heavy atom. The van der Waals surface area contributed by atoms with Gasteiger partial charge in [0, 0.05) is 6.07 Å². The highest BCUT2D eigenvalue weighted by molar-refractivity contribution is 6.00. The van der Waals surface area contributed by atoms with Gasteiger partial charge in [-0.25, -0.2) is 0 Å². The number of rotatable bonds is 4. The highest BCUT2D eigenvalue weighted by atomic mass is 16.7. The third-order valence-corrected chi connectivity index (χ3v) is 5.26. The van der Waals surface area contributed by atoms with Crippen LogP contribution in [-0.2, 0) is 4.74 Å². The van der Waals surface area contributed by atoms with Crippen molar-refractivity contribution in [2.24, 2.45) is 0 Å². The number of aromatic hydroxyl groups is 1. The molecule has 0 amide bonds. The highest BCUT2D eigenvalue weighted by Crippen LogP contribution is 2.37. The average molecular weight is 418 g/mol. The second-order valence-electron chi connectivity index (χ2n) is 7.30. The predicted molar refractivity (Wildman–Crippen MR) is 101 cm³/mol. The molecule has 160 valence electrons. The SMILES string of the molecule is O=C1C[C@H](c2ccc(O[C@H]3O[C@@H](CO)[C@@H](O)[C@@H](O)[C@H]3O)cc2)Oc2cc(O)ccc21. The highest BCUT2D eigenvalue weighted by Gasteiger charge is 2.44. The topological polar surface area (TPSA) is 146 Å². The second-order valence-corrected chi connectivity index (χ2v) is 7.30. The van der Waals surface area contributed by atoms with Gasteiger partial charge in [0.1, 0.15) is 47.8 Å². The summed E-state index contributed by atoms with van der Waals surface area (Å²) in [5, 5.41) is 48.6. The van der Waals surface area contributed by atoms with Gasteiger partial charge in [-0.15, -0.1) is 0 Å². The van der Waals surface area contributed by atoms with Crippen LogP contribution in [0.4, 0.5) is 0 Å². The molecule has 1 fully saturated rings. The smallest absolute Gasteiger partial charge is 0.229 e. The molecular weight excluding hydrogens is 396 g/mol. The Bertz CT molecular complexity index is 911. The number of aliphatic hydroxyl groups excluding tert-OH is 4. The Morgan fingerprint density at radius 2 is 1.73 bits per heavy atom. The number of hydrogen-bond acceptors (Lipinski definition) is 9. The van der Waals surface area contributed by atoms with E-state index in [4.69, 9.17) is 14.2 Å². The van der Waals surface area contributed by atoms with Crippen LogP contribution < -0.4 is 9.47 Å². The first kappa shape index (κ1) is 20.6. The quantitative estimate of drug-likeness (QED) is 0.472. The Hall–Kier alpha value is -2.69. The van der Waals surface area contributed by atoms with Crippen molar-refractivity contribution in [3.63, 3.8) is 0 Å². The molecule has 2 aliphatic heterocycles. The number of ketones is 1. The number of aliphatic hydroxyl groups is 4. The van der Waals surface area contributed by atoms with E-state index in [1.165, 1.54) is 18.2 Å². The van der Waals surface area contributed by atoms with Crippen LogP contribution in [0.1, 0.15) is 28.4 Å². The summed E-state index contributed by atoms with van der Waals surface area (Å²) in [5.41, 5.74) is 1.13. The lowest BCUT2D eigenvalue weighted by molar-refractivity contribution is -0.277. The molecule has 0 aliphatic carbocycles. The second kappa shape index (κ2) is 8.21. The van der Waals surface area contributed by atoms with Gasteiger partial charge in [-0.05, 0) is 29.8 Å². The fourth-order valence-corrected chi connectivity index (χ4v) is 3.56. The Labute approximate surface area is 171 Å². The van der Waals surface area contributed by atoms with Gasteiger partial charge in [0.05, 0.1) is 18.6 Å². The minimum absolute atomic E-state index is 0.00507. The molecule has 4 rings (SSSR count). The molecule has 2 aromatic rings. The first-order valence-electron chi connectivity index (χ1n) is 9.47. The maximum atomic E-state index is 12.4. The summed E-state index contributed by atoms with van der Waals surface area (Å²) < 4.78 is 16.7. The van der Waals surface area contributed by atoms with Gasteiger partial charge in [-0.1, -0.05) is 12.1 Å². The van der Waals surface area contributed by atoms with Crippen molar-refractivity contribution in [2.45, 2.75) is 43.2 Å². The van der Waals surface area contributed by atoms with E-state index < -0.39 is 43.4 Å². The fraction of sp³-hybridized carbons (Fsp3) is 0.381. The molecule has 2 aliphatic rings. The Kier molecular flexibility index (Phi) is 5.63.